The molecule has 0 saturated carbocycles. The zero-order chi connectivity index (χ0) is 20.0. The van der Waals surface area contributed by atoms with E-state index in [4.69, 9.17) is 14.1 Å². The molecule has 0 spiro atoms. The van der Waals surface area contributed by atoms with Gasteiger partial charge in [0.15, 0.2) is 0 Å². The molecule has 0 aliphatic carbocycles. The van der Waals surface area contributed by atoms with Crippen LogP contribution in [0.15, 0.2) is 0 Å². The number of rotatable bonds is 0. The average Bonchev–Trinajstić information content (AvgIpc) is 2.71. The van der Waals surface area contributed by atoms with Crippen molar-refractivity contribution in [3.63, 3.8) is 0 Å². The van der Waals surface area contributed by atoms with E-state index in [1.807, 2.05) is 0 Å². The van der Waals surface area contributed by atoms with Gasteiger partial charge in [-0.05, 0) is 0 Å². The monoisotopic (exact) mass is 180 g/mol. The Labute approximate surface area is 77.4 Å². The molecule has 10 nitrogen and oxygen atoms in total. The minimum atomic E-state index is 3.75. The van der Waals surface area contributed by atoms with Crippen LogP contribution < -0.4 is 61.4 Å². The molecule has 80 valence electrons. The van der Waals surface area contributed by atoms with Crippen molar-refractivity contribution in [3.8, 4) is 0 Å². The maximum absolute atomic E-state index is 5.25. The summed E-state index contributed by atoms with van der Waals surface area (Å²) in [6.45, 7) is 0. The van der Waals surface area contributed by atoms with Gasteiger partial charge in [0.05, 0.1) is 0 Å². The van der Waals surface area contributed by atoms with Gasteiger partial charge in [0.2, 0.25) is 0 Å². The predicted molar refractivity (Wildman–Crippen MR) is 50.2 cm³/mol. The second kappa shape index (κ2) is 3100. The largest absolute Gasteiger partial charge is 0.344 e. The van der Waals surface area contributed by atoms with E-state index in [0.29, 0.717) is 0 Å². The Balaban J connectivity index is -0.00000000694. The molecule has 0 bridgehead atoms. The van der Waals surface area contributed by atoms with Crippen molar-refractivity contribution in [2.24, 2.45) is 0 Å². The lowest BCUT2D eigenvalue weighted by atomic mass is 14.0. The molecule has 10 heteroatoms. The third-order valence-electron chi connectivity index (χ3n) is 0. The van der Waals surface area contributed by atoms with Crippen LogP contribution in [0, 0.1) is 0 Å². The van der Waals surface area contributed by atoms with Gasteiger partial charge in [-0.3, -0.25) is 0 Å². The van der Waals surface area contributed by atoms with Crippen molar-refractivity contribution in [1.29, 1.82) is 0 Å². The molecule has 0 atom stereocenters. The van der Waals surface area contributed by atoms with Gasteiger partial charge in [0.1, 0.15) is 14.1 Å². The summed E-state index contributed by atoms with van der Waals surface area (Å²) < 4.78 is 52.5. The lowest BCUT2D eigenvalue weighted by molar-refractivity contribution is 2.13. The first kappa shape index (κ1) is 7.70. The maximum Gasteiger partial charge on any atom is 0.115 e. The first-order chi connectivity index (χ1) is 10.0. The summed E-state index contributed by atoms with van der Waals surface area (Å²) in [5.41, 5.74) is 0. The highest BCUT2D eigenvalue weighted by Gasteiger charge is -0.335. The summed E-state index contributed by atoms with van der Waals surface area (Å²) in [6.07, 6.45) is 37.5. The van der Waals surface area contributed by atoms with E-state index in [9.17, 15) is 0 Å². The molecule has 0 aliphatic rings. The Morgan fingerprint density at radius 1 is 0.300 bits per heavy atom. The molecule has 30 N–H and O–H groups in total. The maximum atomic E-state index is 5.25. The third-order valence-corrected chi connectivity index (χ3v) is 0. The lowest BCUT2D eigenvalue weighted by Crippen LogP contribution is -0.482. The van der Waals surface area contributed by atoms with Crippen molar-refractivity contribution in [2.45, 2.75) is 0 Å². The summed E-state index contributed by atoms with van der Waals surface area (Å²) >= 11 is 0. The minimum absolute atomic E-state index is 3.75. The molecule has 0 amide bonds. The van der Waals surface area contributed by atoms with Gasteiger partial charge >= 0.3 is 0 Å². The lowest BCUT2D eigenvalue weighted by Gasteiger charge is -0.345. The fourth-order valence-corrected chi connectivity index (χ4v) is 0. The van der Waals surface area contributed by atoms with Crippen LogP contribution in [0.4, 0.5) is 0 Å². The van der Waals surface area contributed by atoms with E-state index >= 15 is 0 Å². The average molecular weight is 180 g/mol. The standard InChI is InChI=1S/10H3N/h10*1H3/i/hD10. The molecule has 0 unspecified atom stereocenters. The Bertz CT molecular complexity index is 20.0. The van der Waals surface area contributed by atoms with E-state index in [-0.39, 0.29) is 0 Å². The molecular weight excluding hydrogens is 140 g/mol. The van der Waals surface area contributed by atoms with Crippen LogP contribution in [-0.4, -0.2) is 0 Å². The van der Waals surface area contributed by atoms with Crippen molar-refractivity contribution in [1.82, 2.24) is 61.4 Å². The van der Waals surface area contributed by atoms with Gasteiger partial charge in [-0.15, -0.1) is 0 Å². The fraction of sp³-hybridized carbons (Fsp3) is 0. The van der Waals surface area contributed by atoms with Gasteiger partial charge in [-0.2, -0.15) is 0 Å². The quantitative estimate of drug-likeness (QED) is 0.256. The third kappa shape index (κ3) is 2070. The van der Waals surface area contributed by atoms with E-state index in [0.717, 1.165) is 0 Å². The van der Waals surface area contributed by atoms with Gasteiger partial charge in [0.25, 0.3) is 0 Å². The molecule has 0 aromatic heterocycles. The van der Waals surface area contributed by atoms with E-state index in [1.54, 1.807) is 0 Å². The van der Waals surface area contributed by atoms with Crippen LogP contribution in [0.3, 0.4) is 0 Å². The first-order valence-electron chi connectivity index (χ1n) is 5.77. The summed E-state index contributed by atoms with van der Waals surface area (Å²) in [5, 5.41) is 0. The second-order valence-corrected chi connectivity index (χ2v) is 0. The SMILES string of the molecule is [2H]N.[2H]N.[2H]N.[2H]N.[2H]N.[2H]N.[2H]N.[2H]N.[2H]N.[2H]N. The molecule has 0 aromatic rings. The van der Waals surface area contributed by atoms with Gasteiger partial charge in [0, 0.05) is 0 Å². The van der Waals surface area contributed by atoms with Gasteiger partial charge in [-0.25, -0.2) is 0 Å². The molecule has 0 fully saturated rings. The zero-order valence-electron chi connectivity index (χ0n) is 15.8. The van der Waals surface area contributed by atoms with Crippen LogP contribution in [0.5, 0.6) is 0 Å². The van der Waals surface area contributed by atoms with Crippen molar-refractivity contribution < 1.29 is 14.1 Å². The highest BCUT2D eigenvalue weighted by Crippen LogP contribution is -0.472. The van der Waals surface area contributed by atoms with Crippen molar-refractivity contribution >= 4 is 0 Å². The highest BCUT2D eigenvalue weighted by molar-refractivity contribution is 2.14. The van der Waals surface area contributed by atoms with Crippen LogP contribution in [0.1, 0.15) is 0 Å². The molecular formula is H30N10. The Hall–Kier alpha value is -0.400. The fourth-order valence-electron chi connectivity index (χ4n) is 0. The molecule has 10 heavy (non-hydrogen) atoms. The first-order valence-corrected chi connectivity index (χ1v) is 0. The summed E-state index contributed by atoms with van der Waals surface area (Å²) in [6, 6.07) is 0. The van der Waals surface area contributed by atoms with E-state index < -0.39 is 0 Å². The molecule has 0 heterocycles. The minimum Gasteiger partial charge on any atom is -0.344 e. The van der Waals surface area contributed by atoms with Gasteiger partial charge < -0.3 is 61.4 Å². The normalized spacial score (nSPS) is 7.00. The van der Waals surface area contributed by atoms with Crippen molar-refractivity contribution in [3.05, 3.63) is 0 Å². The zero-order valence-corrected chi connectivity index (χ0v) is 5.77. The smallest absolute Gasteiger partial charge is 0.115 e. The molecule has 0 saturated heterocycles. The van der Waals surface area contributed by atoms with Crippen LogP contribution in [0.25, 0.3) is 0 Å². The second-order valence-electron chi connectivity index (χ2n) is 0. The Morgan fingerprint density at radius 2 is 0.300 bits per heavy atom. The molecule has 0 rings (SSSR count). The van der Waals surface area contributed by atoms with Gasteiger partial charge in [-0.1, -0.05) is 0 Å². The topological polar surface area (TPSA) is 350 Å². The number of hydrogen-bond acceptors (Lipinski definition) is 10. The molecule has 0 radical (unpaired) electrons. The van der Waals surface area contributed by atoms with Crippen LogP contribution in [-0.2, 0) is 0 Å². The summed E-state index contributed by atoms with van der Waals surface area (Å²) in [4.78, 5) is 0. The Morgan fingerprint density at radius 3 is 0.300 bits per heavy atom. The Kier molecular flexibility index (Phi) is 2390. The predicted octanol–water partition coefficient (Wildman–Crippen LogP) is 1.62. The number of hydrogen-bond donors (Lipinski definition) is 10. The summed E-state index contributed by atoms with van der Waals surface area (Å²) in [5.74, 6) is 0. The van der Waals surface area contributed by atoms with Crippen molar-refractivity contribution in [2.75, 3.05) is 0 Å². The molecule has 0 aromatic carbocycles. The molecule has 0 aliphatic heterocycles. The van der Waals surface area contributed by atoms with E-state index in [1.165, 1.54) is 0 Å². The van der Waals surface area contributed by atoms with E-state index in [2.05, 4.69) is 61.4 Å². The van der Waals surface area contributed by atoms with Crippen LogP contribution in [0.2, 0.25) is 14.1 Å². The highest BCUT2D eigenvalue weighted by atomic mass is 14.0. The summed E-state index contributed by atoms with van der Waals surface area (Å²) in [7, 11) is 0. The van der Waals surface area contributed by atoms with Crippen LogP contribution >= 0.6 is 0 Å².